The molecule has 24 heavy (non-hydrogen) atoms. The number of aromatic nitrogens is 1. The maximum atomic E-state index is 12.9. The van der Waals surface area contributed by atoms with Crippen LogP contribution in [-0.2, 0) is 11.3 Å². The Bertz CT molecular complexity index is 662. The third-order valence-electron chi connectivity index (χ3n) is 4.15. The molecule has 1 N–H and O–H groups in total. The van der Waals surface area contributed by atoms with Crippen molar-refractivity contribution in [1.82, 2.24) is 15.2 Å². The van der Waals surface area contributed by atoms with Crippen molar-refractivity contribution >= 4 is 22.4 Å². The van der Waals surface area contributed by atoms with E-state index < -0.39 is 0 Å². The highest BCUT2D eigenvalue weighted by molar-refractivity contribution is 7.13. The zero-order chi connectivity index (χ0) is 16.9. The molecule has 1 saturated heterocycles. The van der Waals surface area contributed by atoms with Gasteiger partial charge in [0.15, 0.2) is 5.13 Å². The second kappa shape index (κ2) is 7.72. The molecular weight excluding hydrogens is 327 g/mol. The van der Waals surface area contributed by atoms with Crippen LogP contribution in [0, 0.1) is 5.82 Å². The minimum atomic E-state index is -0.267. The number of carbonyl (C=O) groups is 1. The molecule has 1 fully saturated rings. The highest BCUT2D eigenvalue weighted by Gasteiger charge is 2.26. The molecule has 1 aromatic heterocycles. The van der Waals surface area contributed by atoms with Crippen LogP contribution in [-0.4, -0.2) is 48.0 Å². The van der Waals surface area contributed by atoms with E-state index in [9.17, 15) is 9.18 Å². The maximum absolute atomic E-state index is 12.9. The molecule has 0 unspecified atom stereocenters. The first-order valence-electron chi connectivity index (χ1n) is 8.01. The standard InChI is InChI=1S/C17H21FN4OS/c1-13-11-21(7-8-22(13)17-19-6-9-24-17)12-16(23)20-10-14-2-4-15(18)5-3-14/h2-6,9,13H,7-8,10-12H2,1H3,(H,20,23)/t13-/m1/s1. The molecule has 1 aliphatic heterocycles. The number of amides is 1. The second-order valence-corrected chi connectivity index (χ2v) is 6.87. The van der Waals surface area contributed by atoms with Gasteiger partial charge in [-0.2, -0.15) is 0 Å². The Balaban J connectivity index is 1.45. The summed E-state index contributed by atoms with van der Waals surface area (Å²) in [4.78, 5) is 20.9. The van der Waals surface area contributed by atoms with E-state index in [-0.39, 0.29) is 11.7 Å². The van der Waals surface area contributed by atoms with Gasteiger partial charge in [-0.05, 0) is 24.6 Å². The van der Waals surface area contributed by atoms with Crippen LogP contribution >= 0.6 is 11.3 Å². The Morgan fingerprint density at radius 2 is 2.17 bits per heavy atom. The van der Waals surface area contributed by atoms with Gasteiger partial charge in [0.05, 0.1) is 6.54 Å². The number of carbonyl (C=O) groups excluding carboxylic acids is 1. The number of nitrogens with zero attached hydrogens (tertiary/aromatic N) is 3. The van der Waals surface area contributed by atoms with Gasteiger partial charge in [-0.1, -0.05) is 12.1 Å². The number of hydrogen-bond acceptors (Lipinski definition) is 5. The summed E-state index contributed by atoms with van der Waals surface area (Å²) in [6, 6.07) is 6.51. The fourth-order valence-electron chi connectivity index (χ4n) is 2.88. The Morgan fingerprint density at radius 1 is 1.38 bits per heavy atom. The monoisotopic (exact) mass is 348 g/mol. The first kappa shape index (κ1) is 16.9. The number of thiazole rings is 1. The van der Waals surface area contributed by atoms with Gasteiger partial charge in [0, 0.05) is 43.8 Å². The Morgan fingerprint density at radius 3 is 2.83 bits per heavy atom. The van der Waals surface area contributed by atoms with Crippen molar-refractivity contribution in [2.24, 2.45) is 0 Å². The summed E-state index contributed by atoms with van der Waals surface area (Å²) < 4.78 is 12.9. The summed E-state index contributed by atoms with van der Waals surface area (Å²) >= 11 is 1.65. The molecule has 5 nitrogen and oxygen atoms in total. The molecule has 0 aliphatic carbocycles. The zero-order valence-corrected chi connectivity index (χ0v) is 14.4. The summed E-state index contributed by atoms with van der Waals surface area (Å²) in [5.41, 5.74) is 0.895. The van der Waals surface area contributed by atoms with Gasteiger partial charge in [0.25, 0.3) is 0 Å². The molecule has 2 aromatic rings. The number of piperazine rings is 1. The topological polar surface area (TPSA) is 48.5 Å². The molecule has 1 amide bonds. The highest BCUT2D eigenvalue weighted by atomic mass is 32.1. The number of rotatable bonds is 5. The largest absolute Gasteiger partial charge is 0.351 e. The van der Waals surface area contributed by atoms with Gasteiger partial charge < -0.3 is 10.2 Å². The predicted octanol–water partition coefficient (Wildman–Crippen LogP) is 2.11. The van der Waals surface area contributed by atoms with Crippen LogP contribution in [0.15, 0.2) is 35.8 Å². The molecule has 0 saturated carbocycles. The summed E-state index contributed by atoms with van der Waals surface area (Å²) in [7, 11) is 0. The van der Waals surface area contributed by atoms with Crippen LogP contribution in [0.25, 0.3) is 0 Å². The number of hydrogen-bond donors (Lipinski definition) is 1. The van der Waals surface area contributed by atoms with E-state index in [0.717, 1.165) is 30.3 Å². The van der Waals surface area contributed by atoms with E-state index in [1.54, 1.807) is 23.5 Å². The lowest BCUT2D eigenvalue weighted by atomic mass is 10.2. The molecule has 0 radical (unpaired) electrons. The third-order valence-corrected chi connectivity index (χ3v) is 4.96. The van der Waals surface area contributed by atoms with Crippen LogP contribution in [0.2, 0.25) is 0 Å². The summed E-state index contributed by atoms with van der Waals surface area (Å²) in [6.07, 6.45) is 1.82. The molecule has 128 valence electrons. The number of halogens is 1. The first-order chi connectivity index (χ1) is 11.6. The van der Waals surface area contributed by atoms with Crippen molar-refractivity contribution in [3.8, 4) is 0 Å². The van der Waals surface area contributed by atoms with Crippen molar-refractivity contribution in [2.75, 3.05) is 31.1 Å². The van der Waals surface area contributed by atoms with E-state index in [2.05, 4.69) is 27.0 Å². The second-order valence-electron chi connectivity index (χ2n) is 6.00. The molecule has 3 rings (SSSR count). The molecule has 1 aliphatic rings. The van der Waals surface area contributed by atoms with Crippen molar-refractivity contribution in [3.63, 3.8) is 0 Å². The SMILES string of the molecule is C[C@@H]1CN(CC(=O)NCc2ccc(F)cc2)CCN1c1nccs1. The number of benzene rings is 1. The van der Waals surface area contributed by atoms with E-state index in [1.165, 1.54) is 12.1 Å². The minimum absolute atomic E-state index is 0.00535. The minimum Gasteiger partial charge on any atom is -0.351 e. The summed E-state index contributed by atoms with van der Waals surface area (Å²) in [6.45, 7) is 5.52. The first-order valence-corrected chi connectivity index (χ1v) is 8.89. The van der Waals surface area contributed by atoms with E-state index in [0.29, 0.717) is 19.1 Å². The van der Waals surface area contributed by atoms with Gasteiger partial charge in [0.1, 0.15) is 5.82 Å². The average Bonchev–Trinajstić information content (AvgIpc) is 3.09. The van der Waals surface area contributed by atoms with Gasteiger partial charge in [-0.3, -0.25) is 9.69 Å². The Labute approximate surface area is 145 Å². The van der Waals surface area contributed by atoms with Gasteiger partial charge in [0.2, 0.25) is 5.91 Å². The quantitative estimate of drug-likeness (QED) is 0.899. The predicted molar refractivity (Wildman–Crippen MR) is 93.6 cm³/mol. The van der Waals surface area contributed by atoms with Crippen LogP contribution in [0.5, 0.6) is 0 Å². The highest BCUT2D eigenvalue weighted by Crippen LogP contribution is 2.22. The van der Waals surface area contributed by atoms with Crippen molar-refractivity contribution in [3.05, 3.63) is 47.2 Å². The normalized spacial score (nSPS) is 18.6. The molecule has 7 heteroatoms. The fourth-order valence-corrected chi connectivity index (χ4v) is 3.65. The van der Waals surface area contributed by atoms with Crippen LogP contribution < -0.4 is 10.2 Å². The number of anilines is 1. The molecule has 1 atom stereocenters. The molecule has 0 bridgehead atoms. The van der Waals surface area contributed by atoms with Crippen LogP contribution in [0.3, 0.4) is 0 Å². The van der Waals surface area contributed by atoms with Crippen molar-refractivity contribution < 1.29 is 9.18 Å². The molecule has 0 spiro atoms. The maximum Gasteiger partial charge on any atom is 0.234 e. The fraction of sp³-hybridized carbons (Fsp3) is 0.412. The smallest absolute Gasteiger partial charge is 0.234 e. The van der Waals surface area contributed by atoms with Gasteiger partial charge >= 0.3 is 0 Å². The van der Waals surface area contributed by atoms with Crippen LogP contribution in [0.1, 0.15) is 12.5 Å². The van der Waals surface area contributed by atoms with Gasteiger partial charge in [-0.25, -0.2) is 9.37 Å². The lowest BCUT2D eigenvalue weighted by molar-refractivity contribution is -0.122. The summed E-state index contributed by atoms with van der Waals surface area (Å²) in [5.74, 6) is -0.272. The number of nitrogens with one attached hydrogen (secondary N) is 1. The Kier molecular flexibility index (Phi) is 5.42. The molecular formula is C17H21FN4OS. The van der Waals surface area contributed by atoms with E-state index in [4.69, 9.17) is 0 Å². The summed E-state index contributed by atoms with van der Waals surface area (Å²) in [5, 5.41) is 5.92. The molecule has 1 aromatic carbocycles. The van der Waals surface area contributed by atoms with Crippen molar-refractivity contribution in [1.29, 1.82) is 0 Å². The van der Waals surface area contributed by atoms with E-state index >= 15 is 0 Å². The zero-order valence-electron chi connectivity index (χ0n) is 13.6. The lowest BCUT2D eigenvalue weighted by Crippen LogP contribution is -2.54. The Hall–Kier alpha value is -1.99. The van der Waals surface area contributed by atoms with E-state index in [1.807, 2.05) is 11.6 Å². The van der Waals surface area contributed by atoms with Crippen LogP contribution in [0.4, 0.5) is 9.52 Å². The van der Waals surface area contributed by atoms with Crippen molar-refractivity contribution in [2.45, 2.75) is 19.5 Å². The molecule has 2 heterocycles. The lowest BCUT2D eigenvalue weighted by Gasteiger charge is -2.39. The average molecular weight is 348 g/mol. The third kappa shape index (κ3) is 4.30. The van der Waals surface area contributed by atoms with Gasteiger partial charge in [-0.15, -0.1) is 11.3 Å².